The molecule has 0 bridgehead atoms. The highest BCUT2D eigenvalue weighted by molar-refractivity contribution is 5.92. The Kier molecular flexibility index (Phi) is 7.74. The largest absolute Gasteiger partial charge is 0.496 e. The highest BCUT2D eigenvalue weighted by Crippen LogP contribution is 2.19. The van der Waals surface area contributed by atoms with Gasteiger partial charge in [0.2, 0.25) is 5.91 Å². The van der Waals surface area contributed by atoms with Crippen LogP contribution >= 0.6 is 0 Å². The number of rotatable bonds is 8. The molecule has 1 rings (SSSR count). The van der Waals surface area contributed by atoms with E-state index in [0.717, 1.165) is 12.0 Å². The minimum atomic E-state index is -0.620. The standard InChI is InChI=1S/C17H24N2O5/c1-5-8-18-15(20)10-19(3)16(21)11-24-17(22)13-7-6-12(2)14(9-13)23-4/h6-7,9H,5,8,10-11H2,1-4H3,(H,18,20). The van der Waals surface area contributed by atoms with Crippen LogP contribution in [-0.2, 0) is 14.3 Å². The Hall–Kier alpha value is -2.57. The summed E-state index contributed by atoms with van der Waals surface area (Å²) in [6.45, 7) is 3.86. The molecule has 0 fully saturated rings. The van der Waals surface area contributed by atoms with Crippen LogP contribution in [0.2, 0.25) is 0 Å². The second kappa shape index (κ2) is 9.54. The number of carbonyl (C=O) groups excluding carboxylic acids is 3. The normalized spacial score (nSPS) is 10.0. The Bertz CT molecular complexity index is 601. The molecule has 2 amide bonds. The van der Waals surface area contributed by atoms with E-state index in [1.807, 2.05) is 13.8 Å². The lowest BCUT2D eigenvalue weighted by molar-refractivity contribution is -0.137. The first-order chi connectivity index (χ1) is 11.4. The minimum Gasteiger partial charge on any atom is -0.496 e. The van der Waals surface area contributed by atoms with Gasteiger partial charge in [0, 0.05) is 13.6 Å². The van der Waals surface area contributed by atoms with E-state index in [9.17, 15) is 14.4 Å². The molecule has 1 aromatic rings. The number of nitrogens with zero attached hydrogens (tertiary/aromatic N) is 1. The number of nitrogens with one attached hydrogen (secondary N) is 1. The van der Waals surface area contributed by atoms with Crippen LogP contribution in [0.3, 0.4) is 0 Å². The molecule has 0 aromatic heterocycles. The summed E-state index contributed by atoms with van der Waals surface area (Å²) in [5.41, 5.74) is 1.19. The van der Waals surface area contributed by atoms with Crippen LogP contribution in [0.1, 0.15) is 29.3 Å². The molecule has 1 aromatic carbocycles. The smallest absolute Gasteiger partial charge is 0.338 e. The number of amides is 2. The molecule has 0 saturated heterocycles. The summed E-state index contributed by atoms with van der Waals surface area (Å²) >= 11 is 0. The van der Waals surface area contributed by atoms with E-state index in [1.54, 1.807) is 18.2 Å². The Labute approximate surface area is 141 Å². The van der Waals surface area contributed by atoms with Crippen molar-refractivity contribution < 1.29 is 23.9 Å². The quantitative estimate of drug-likeness (QED) is 0.720. The fourth-order valence-electron chi connectivity index (χ4n) is 1.89. The molecule has 0 saturated carbocycles. The number of hydrogen-bond donors (Lipinski definition) is 1. The van der Waals surface area contributed by atoms with Crippen molar-refractivity contribution in [2.45, 2.75) is 20.3 Å². The predicted octanol–water partition coefficient (Wildman–Crippen LogP) is 1.15. The number of esters is 1. The molecule has 0 spiro atoms. The molecule has 0 aliphatic rings. The summed E-state index contributed by atoms with van der Waals surface area (Å²) in [7, 11) is 3.00. The molecular weight excluding hydrogens is 312 g/mol. The molecule has 0 aliphatic carbocycles. The summed E-state index contributed by atoms with van der Waals surface area (Å²) < 4.78 is 10.1. The second-order valence-corrected chi connectivity index (χ2v) is 5.36. The van der Waals surface area contributed by atoms with E-state index in [-0.39, 0.29) is 12.5 Å². The van der Waals surface area contributed by atoms with Crippen LogP contribution in [0.5, 0.6) is 5.75 Å². The Morgan fingerprint density at radius 2 is 1.96 bits per heavy atom. The van der Waals surface area contributed by atoms with Gasteiger partial charge in [0.1, 0.15) is 5.75 Å². The maximum absolute atomic E-state index is 12.0. The van der Waals surface area contributed by atoms with Gasteiger partial charge >= 0.3 is 5.97 Å². The Balaban J connectivity index is 2.51. The van der Waals surface area contributed by atoms with Gasteiger partial charge < -0.3 is 19.7 Å². The lowest BCUT2D eigenvalue weighted by Crippen LogP contribution is -2.40. The number of benzene rings is 1. The molecule has 1 N–H and O–H groups in total. The van der Waals surface area contributed by atoms with E-state index in [0.29, 0.717) is 17.9 Å². The summed E-state index contributed by atoms with van der Waals surface area (Å²) in [4.78, 5) is 36.7. The van der Waals surface area contributed by atoms with Gasteiger partial charge in [-0.25, -0.2) is 4.79 Å². The van der Waals surface area contributed by atoms with E-state index in [2.05, 4.69) is 5.32 Å². The van der Waals surface area contributed by atoms with Gasteiger partial charge in [0.25, 0.3) is 5.91 Å². The third-order valence-electron chi connectivity index (χ3n) is 3.35. The van der Waals surface area contributed by atoms with Gasteiger partial charge in [-0.2, -0.15) is 0 Å². The summed E-state index contributed by atoms with van der Waals surface area (Å²) in [5, 5.41) is 2.67. The summed E-state index contributed by atoms with van der Waals surface area (Å²) in [5.74, 6) is -0.748. The number of carbonyl (C=O) groups is 3. The van der Waals surface area contributed by atoms with Crippen molar-refractivity contribution in [2.75, 3.05) is 33.9 Å². The van der Waals surface area contributed by atoms with Gasteiger partial charge in [0.15, 0.2) is 6.61 Å². The molecule has 7 nitrogen and oxygen atoms in total. The number of methoxy groups -OCH3 is 1. The predicted molar refractivity (Wildman–Crippen MR) is 89.0 cm³/mol. The topological polar surface area (TPSA) is 84.9 Å². The van der Waals surface area contributed by atoms with Crippen molar-refractivity contribution in [1.82, 2.24) is 10.2 Å². The van der Waals surface area contributed by atoms with Crippen molar-refractivity contribution >= 4 is 17.8 Å². The summed E-state index contributed by atoms with van der Waals surface area (Å²) in [6.07, 6.45) is 0.820. The molecule has 7 heteroatoms. The second-order valence-electron chi connectivity index (χ2n) is 5.36. The molecule has 0 aliphatic heterocycles. The first-order valence-electron chi connectivity index (χ1n) is 7.71. The van der Waals surface area contributed by atoms with Crippen molar-refractivity contribution in [1.29, 1.82) is 0 Å². The lowest BCUT2D eigenvalue weighted by Gasteiger charge is -2.16. The maximum Gasteiger partial charge on any atom is 0.338 e. The Morgan fingerprint density at radius 3 is 2.58 bits per heavy atom. The first-order valence-corrected chi connectivity index (χ1v) is 7.71. The average molecular weight is 336 g/mol. The monoisotopic (exact) mass is 336 g/mol. The summed E-state index contributed by atoms with van der Waals surface area (Å²) in [6, 6.07) is 4.90. The van der Waals surface area contributed by atoms with Crippen LogP contribution in [0, 0.1) is 6.92 Å². The highest BCUT2D eigenvalue weighted by Gasteiger charge is 2.16. The molecule has 0 unspecified atom stereocenters. The van der Waals surface area contributed by atoms with Crippen LogP contribution in [-0.4, -0.2) is 56.5 Å². The molecule has 0 heterocycles. The zero-order chi connectivity index (χ0) is 18.1. The van der Waals surface area contributed by atoms with Crippen molar-refractivity contribution in [2.24, 2.45) is 0 Å². The van der Waals surface area contributed by atoms with Gasteiger partial charge in [-0.1, -0.05) is 13.0 Å². The van der Waals surface area contributed by atoms with E-state index < -0.39 is 18.5 Å². The van der Waals surface area contributed by atoms with Gasteiger partial charge in [-0.3, -0.25) is 9.59 Å². The molecule has 132 valence electrons. The number of hydrogen-bond acceptors (Lipinski definition) is 5. The van der Waals surface area contributed by atoms with E-state index >= 15 is 0 Å². The van der Waals surface area contributed by atoms with Crippen LogP contribution in [0.15, 0.2) is 18.2 Å². The van der Waals surface area contributed by atoms with Crippen molar-refractivity contribution in [3.05, 3.63) is 29.3 Å². The third-order valence-corrected chi connectivity index (χ3v) is 3.35. The fraction of sp³-hybridized carbons (Fsp3) is 0.471. The Morgan fingerprint density at radius 1 is 1.25 bits per heavy atom. The minimum absolute atomic E-state index is 0.0747. The van der Waals surface area contributed by atoms with Crippen molar-refractivity contribution in [3.63, 3.8) is 0 Å². The number of likely N-dealkylation sites (N-methyl/N-ethyl adjacent to an activating group) is 1. The highest BCUT2D eigenvalue weighted by atomic mass is 16.5. The van der Waals surface area contributed by atoms with E-state index in [4.69, 9.17) is 9.47 Å². The number of ether oxygens (including phenoxy) is 2. The number of aryl methyl sites for hydroxylation is 1. The van der Waals surface area contributed by atoms with E-state index in [1.165, 1.54) is 19.1 Å². The first kappa shape index (κ1) is 19.5. The maximum atomic E-state index is 12.0. The van der Waals surface area contributed by atoms with Crippen LogP contribution in [0.4, 0.5) is 0 Å². The van der Waals surface area contributed by atoms with Gasteiger partial charge in [0.05, 0.1) is 19.2 Å². The van der Waals surface area contributed by atoms with Gasteiger partial charge in [-0.05, 0) is 31.0 Å². The fourth-order valence-corrected chi connectivity index (χ4v) is 1.89. The zero-order valence-electron chi connectivity index (χ0n) is 14.5. The third kappa shape index (κ3) is 5.91. The molecule has 0 radical (unpaired) electrons. The lowest BCUT2D eigenvalue weighted by atomic mass is 10.1. The molecular formula is C17H24N2O5. The zero-order valence-corrected chi connectivity index (χ0v) is 14.5. The molecule has 0 atom stereocenters. The van der Waals surface area contributed by atoms with Crippen LogP contribution in [0.25, 0.3) is 0 Å². The molecule has 24 heavy (non-hydrogen) atoms. The van der Waals surface area contributed by atoms with Crippen LogP contribution < -0.4 is 10.1 Å². The SMILES string of the molecule is CCCNC(=O)CN(C)C(=O)COC(=O)c1ccc(C)c(OC)c1. The average Bonchev–Trinajstić information content (AvgIpc) is 2.57. The van der Waals surface area contributed by atoms with Gasteiger partial charge in [-0.15, -0.1) is 0 Å². The van der Waals surface area contributed by atoms with Crippen molar-refractivity contribution in [3.8, 4) is 5.75 Å².